The van der Waals surface area contributed by atoms with Crippen LogP contribution < -0.4 is 0 Å². The fourth-order valence-electron chi connectivity index (χ4n) is 1.04. The Morgan fingerprint density at radius 2 is 2.23 bits per heavy atom. The first-order valence-electron chi connectivity index (χ1n) is 3.63. The minimum Gasteiger partial charge on any atom is -0.242 e. The molecule has 0 bridgehead atoms. The minimum absolute atomic E-state index is 0.0779. The topological polar surface area (TPSA) is 12.9 Å². The van der Waals surface area contributed by atoms with E-state index in [1.807, 2.05) is 17.5 Å². The highest BCUT2D eigenvalue weighted by atomic mass is 35.5. The Hall–Kier alpha value is -0.930. The van der Waals surface area contributed by atoms with Crippen molar-refractivity contribution in [3.8, 4) is 10.4 Å². The highest BCUT2D eigenvalue weighted by Crippen LogP contribution is 2.29. The lowest BCUT2D eigenvalue weighted by molar-refractivity contribution is 0.626. The Morgan fingerprint density at radius 1 is 1.38 bits per heavy atom. The minimum atomic E-state index is -0.452. The van der Waals surface area contributed by atoms with E-state index in [1.165, 1.54) is 17.5 Å². The lowest BCUT2D eigenvalue weighted by Gasteiger charge is -1.99. The van der Waals surface area contributed by atoms with Gasteiger partial charge in [0.1, 0.15) is 0 Å². The molecule has 13 heavy (non-hydrogen) atoms. The molecule has 0 N–H and O–H groups in total. The summed E-state index contributed by atoms with van der Waals surface area (Å²) in [6, 6.07) is 5.33. The van der Waals surface area contributed by atoms with Crippen LogP contribution in [-0.4, -0.2) is 4.98 Å². The lowest BCUT2D eigenvalue weighted by atomic mass is 10.2. The number of thiophene rings is 1. The molecule has 1 nitrogen and oxygen atoms in total. The van der Waals surface area contributed by atoms with Gasteiger partial charge in [0.05, 0.1) is 0 Å². The smallest absolute Gasteiger partial charge is 0.169 e. The van der Waals surface area contributed by atoms with Gasteiger partial charge < -0.3 is 0 Å². The zero-order valence-corrected chi connectivity index (χ0v) is 8.07. The zero-order chi connectivity index (χ0) is 9.26. The van der Waals surface area contributed by atoms with E-state index >= 15 is 0 Å². The van der Waals surface area contributed by atoms with Crippen LogP contribution >= 0.6 is 22.9 Å². The van der Waals surface area contributed by atoms with Gasteiger partial charge in [0.2, 0.25) is 0 Å². The molecule has 0 aliphatic heterocycles. The van der Waals surface area contributed by atoms with Crippen molar-refractivity contribution in [2.45, 2.75) is 0 Å². The molecular formula is C9H5ClFNS. The number of hydrogen-bond donors (Lipinski definition) is 0. The molecule has 0 unspecified atom stereocenters. The van der Waals surface area contributed by atoms with Gasteiger partial charge in [0.15, 0.2) is 11.0 Å². The summed E-state index contributed by atoms with van der Waals surface area (Å²) < 4.78 is 13.4. The molecule has 2 rings (SSSR count). The molecular weight excluding hydrogens is 209 g/mol. The van der Waals surface area contributed by atoms with E-state index in [-0.39, 0.29) is 5.15 Å². The van der Waals surface area contributed by atoms with E-state index in [9.17, 15) is 4.39 Å². The molecule has 0 aliphatic carbocycles. The summed E-state index contributed by atoms with van der Waals surface area (Å²) in [7, 11) is 0. The largest absolute Gasteiger partial charge is 0.242 e. The number of pyridine rings is 1. The fraction of sp³-hybridized carbons (Fsp3) is 0. The van der Waals surface area contributed by atoms with Crippen molar-refractivity contribution < 1.29 is 4.39 Å². The number of rotatable bonds is 1. The summed E-state index contributed by atoms with van der Waals surface area (Å²) in [5, 5.41) is 1.81. The predicted octanol–water partition coefficient (Wildman–Crippen LogP) is 3.60. The van der Waals surface area contributed by atoms with Gasteiger partial charge in [-0.2, -0.15) is 0 Å². The molecule has 0 radical (unpaired) electrons. The van der Waals surface area contributed by atoms with Crippen molar-refractivity contribution in [3.63, 3.8) is 0 Å². The molecule has 0 saturated carbocycles. The van der Waals surface area contributed by atoms with Crippen LogP contribution in [0.25, 0.3) is 10.4 Å². The van der Waals surface area contributed by atoms with Crippen LogP contribution in [0, 0.1) is 5.82 Å². The second-order valence-electron chi connectivity index (χ2n) is 2.44. The van der Waals surface area contributed by atoms with Crippen molar-refractivity contribution in [2.75, 3.05) is 0 Å². The maximum absolute atomic E-state index is 13.4. The van der Waals surface area contributed by atoms with E-state index in [0.717, 1.165) is 4.88 Å². The molecule has 0 atom stereocenters. The van der Waals surface area contributed by atoms with E-state index in [0.29, 0.717) is 5.56 Å². The van der Waals surface area contributed by atoms with Gasteiger partial charge in [-0.25, -0.2) is 9.37 Å². The molecule has 4 heteroatoms. The third kappa shape index (κ3) is 1.57. The predicted molar refractivity (Wildman–Crippen MR) is 52.5 cm³/mol. The quantitative estimate of drug-likeness (QED) is 0.660. The Kier molecular flexibility index (Phi) is 2.29. The highest BCUT2D eigenvalue weighted by molar-refractivity contribution is 7.13. The molecule has 2 aromatic rings. The molecule has 0 saturated heterocycles. The van der Waals surface area contributed by atoms with E-state index in [4.69, 9.17) is 11.6 Å². The summed E-state index contributed by atoms with van der Waals surface area (Å²) >= 11 is 7.02. The summed E-state index contributed by atoms with van der Waals surface area (Å²) in [4.78, 5) is 4.51. The first kappa shape index (κ1) is 8.66. The van der Waals surface area contributed by atoms with Gasteiger partial charge in [0, 0.05) is 16.6 Å². The average Bonchev–Trinajstić information content (AvgIpc) is 2.62. The summed E-state index contributed by atoms with van der Waals surface area (Å²) in [6.45, 7) is 0. The van der Waals surface area contributed by atoms with Crippen molar-refractivity contribution in [3.05, 3.63) is 40.7 Å². The van der Waals surface area contributed by atoms with Crippen LogP contribution in [0.2, 0.25) is 5.15 Å². The van der Waals surface area contributed by atoms with E-state index in [2.05, 4.69) is 4.98 Å². The van der Waals surface area contributed by atoms with Crippen LogP contribution in [0.1, 0.15) is 0 Å². The zero-order valence-electron chi connectivity index (χ0n) is 6.50. The summed E-state index contributed by atoms with van der Waals surface area (Å²) in [5.74, 6) is -0.452. The molecule has 0 fully saturated rings. The highest BCUT2D eigenvalue weighted by Gasteiger charge is 2.09. The van der Waals surface area contributed by atoms with Gasteiger partial charge in [-0.15, -0.1) is 11.3 Å². The summed E-state index contributed by atoms with van der Waals surface area (Å²) in [6.07, 6.45) is 1.50. The fourth-order valence-corrected chi connectivity index (χ4v) is 1.94. The number of aromatic nitrogens is 1. The van der Waals surface area contributed by atoms with Crippen molar-refractivity contribution >= 4 is 22.9 Å². The first-order chi connectivity index (χ1) is 6.29. The molecule has 66 valence electrons. The SMILES string of the molecule is Fc1c(-c2cccs2)ccnc1Cl. The Bertz CT molecular complexity index is 414. The molecule has 2 aromatic heterocycles. The van der Waals surface area contributed by atoms with Gasteiger partial charge in [-0.1, -0.05) is 17.7 Å². The van der Waals surface area contributed by atoms with Gasteiger partial charge in [-0.3, -0.25) is 0 Å². The molecule has 2 heterocycles. The molecule has 0 aromatic carbocycles. The third-order valence-electron chi connectivity index (χ3n) is 1.63. The van der Waals surface area contributed by atoms with Crippen molar-refractivity contribution in [2.24, 2.45) is 0 Å². The second kappa shape index (κ2) is 3.44. The number of nitrogens with zero attached hydrogens (tertiary/aromatic N) is 1. The monoisotopic (exact) mass is 213 g/mol. The van der Waals surface area contributed by atoms with E-state index < -0.39 is 5.82 Å². The Balaban J connectivity index is 2.59. The third-order valence-corrected chi connectivity index (χ3v) is 2.80. The van der Waals surface area contributed by atoms with Crippen molar-refractivity contribution in [1.29, 1.82) is 0 Å². The normalized spacial score (nSPS) is 10.3. The maximum atomic E-state index is 13.4. The van der Waals surface area contributed by atoms with Gasteiger partial charge >= 0.3 is 0 Å². The Morgan fingerprint density at radius 3 is 2.92 bits per heavy atom. The first-order valence-corrected chi connectivity index (χ1v) is 4.88. The molecule has 0 aliphatic rings. The number of halogens is 2. The van der Waals surface area contributed by atoms with Gasteiger partial charge in [0.25, 0.3) is 0 Å². The van der Waals surface area contributed by atoms with Crippen LogP contribution in [0.15, 0.2) is 29.8 Å². The molecule has 0 amide bonds. The second-order valence-corrected chi connectivity index (χ2v) is 3.75. The van der Waals surface area contributed by atoms with Crippen molar-refractivity contribution in [1.82, 2.24) is 4.98 Å². The van der Waals surface area contributed by atoms with Gasteiger partial charge in [-0.05, 0) is 17.5 Å². The van der Waals surface area contributed by atoms with Crippen LogP contribution in [0.4, 0.5) is 4.39 Å². The standard InChI is InChI=1S/C9H5ClFNS/c10-9-8(11)6(3-4-12-9)7-2-1-5-13-7/h1-5H. The number of hydrogen-bond acceptors (Lipinski definition) is 2. The maximum Gasteiger partial charge on any atom is 0.169 e. The Labute approximate surface area is 83.8 Å². The van der Waals surface area contributed by atoms with E-state index in [1.54, 1.807) is 6.07 Å². The molecule has 0 spiro atoms. The van der Waals surface area contributed by atoms with Crippen LogP contribution in [-0.2, 0) is 0 Å². The summed E-state index contributed by atoms with van der Waals surface area (Å²) in [5.41, 5.74) is 0.509. The van der Waals surface area contributed by atoms with Crippen LogP contribution in [0.3, 0.4) is 0 Å². The average molecular weight is 214 g/mol. The van der Waals surface area contributed by atoms with Crippen LogP contribution in [0.5, 0.6) is 0 Å². The lowest BCUT2D eigenvalue weighted by Crippen LogP contribution is -1.85.